The summed E-state index contributed by atoms with van der Waals surface area (Å²) < 4.78 is 10.6. The Bertz CT molecular complexity index is 674. The molecule has 1 unspecified atom stereocenters. The molecule has 0 saturated heterocycles. The maximum Gasteiger partial charge on any atom is 0.161 e. The van der Waals surface area contributed by atoms with E-state index in [0.29, 0.717) is 0 Å². The molecule has 1 heterocycles. The second-order valence-electron chi connectivity index (χ2n) is 4.91. The molecule has 0 amide bonds. The summed E-state index contributed by atoms with van der Waals surface area (Å²) in [6, 6.07) is 16.3. The third-order valence-corrected chi connectivity index (χ3v) is 4.59. The fraction of sp³-hybridized carbons (Fsp3) is 0.235. The largest absolute Gasteiger partial charge is 0.493 e. The van der Waals surface area contributed by atoms with Crippen LogP contribution in [0.3, 0.4) is 0 Å². The summed E-state index contributed by atoms with van der Waals surface area (Å²) >= 11 is 1.73. The lowest BCUT2D eigenvalue weighted by atomic mass is 10.2. The first-order chi connectivity index (χ1) is 10.8. The Morgan fingerprint density at radius 1 is 1.05 bits per heavy atom. The topological polar surface area (TPSA) is 42.8 Å². The molecule has 3 rings (SSSR count). The zero-order valence-electron chi connectivity index (χ0n) is 12.6. The van der Waals surface area contributed by atoms with Gasteiger partial charge in [0.1, 0.15) is 5.37 Å². The molecular weight excluding hydrogens is 296 g/mol. The van der Waals surface area contributed by atoms with Crippen LogP contribution in [0.2, 0.25) is 0 Å². The molecule has 0 aromatic heterocycles. The molecule has 2 aromatic carbocycles. The zero-order valence-corrected chi connectivity index (χ0v) is 13.4. The van der Waals surface area contributed by atoms with Crippen LogP contribution in [0.25, 0.3) is 0 Å². The van der Waals surface area contributed by atoms with E-state index >= 15 is 0 Å². The number of hydrazone groups is 1. The molecule has 114 valence electrons. The second kappa shape index (κ2) is 6.75. The van der Waals surface area contributed by atoms with Crippen LogP contribution in [-0.4, -0.2) is 19.3 Å². The number of nitrogens with zero attached hydrogens (tertiary/aromatic N) is 1. The molecule has 0 radical (unpaired) electrons. The van der Waals surface area contributed by atoms with Gasteiger partial charge in [0.15, 0.2) is 11.5 Å². The summed E-state index contributed by atoms with van der Waals surface area (Å²) in [5.41, 5.74) is 5.57. The lowest BCUT2D eigenvalue weighted by Gasteiger charge is -2.13. The maximum absolute atomic E-state index is 5.36. The average Bonchev–Trinajstić information content (AvgIpc) is 3.03. The van der Waals surface area contributed by atoms with Gasteiger partial charge in [0.2, 0.25) is 0 Å². The van der Waals surface area contributed by atoms with Gasteiger partial charge < -0.3 is 9.47 Å². The van der Waals surface area contributed by atoms with E-state index in [4.69, 9.17) is 9.47 Å². The predicted molar refractivity (Wildman–Crippen MR) is 90.6 cm³/mol. The highest BCUT2D eigenvalue weighted by Crippen LogP contribution is 2.37. The third-order valence-electron chi connectivity index (χ3n) is 3.47. The molecule has 0 spiro atoms. The number of hydrogen-bond donors (Lipinski definition) is 1. The van der Waals surface area contributed by atoms with Gasteiger partial charge >= 0.3 is 0 Å². The van der Waals surface area contributed by atoms with Crippen molar-refractivity contribution in [1.82, 2.24) is 5.43 Å². The first kappa shape index (κ1) is 14.8. The van der Waals surface area contributed by atoms with E-state index in [9.17, 15) is 0 Å². The van der Waals surface area contributed by atoms with Crippen molar-refractivity contribution in [2.75, 3.05) is 14.2 Å². The Morgan fingerprint density at radius 2 is 1.82 bits per heavy atom. The Kier molecular flexibility index (Phi) is 4.53. The van der Waals surface area contributed by atoms with E-state index in [1.807, 2.05) is 24.3 Å². The zero-order chi connectivity index (χ0) is 15.4. The van der Waals surface area contributed by atoms with Gasteiger partial charge in [0, 0.05) is 6.42 Å². The van der Waals surface area contributed by atoms with E-state index in [2.05, 4.69) is 34.8 Å². The lowest BCUT2D eigenvalue weighted by molar-refractivity contribution is 0.354. The predicted octanol–water partition coefficient (Wildman–Crippen LogP) is 3.60. The minimum absolute atomic E-state index is 0.110. The van der Waals surface area contributed by atoms with Crippen LogP contribution < -0.4 is 14.9 Å². The van der Waals surface area contributed by atoms with E-state index in [1.165, 1.54) is 5.56 Å². The van der Waals surface area contributed by atoms with E-state index < -0.39 is 0 Å². The van der Waals surface area contributed by atoms with Crippen LogP contribution in [0.4, 0.5) is 0 Å². The van der Waals surface area contributed by atoms with E-state index in [1.54, 1.807) is 26.0 Å². The van der Waals surface area contributed by atoms with Crippen molar-refractivity contribution in [3.05, 3.63) is 59.7 Å². The molecule has 0 aliphatic carbocycles. The van der Waals surface area contributed by atoms with Crippen LogP contribution in [0.5, 0.6) is 11.5 Å². The molecule has 0 saturated carbocycles. The van der Waals surface area contributed by atoms with Gasteiger partial charge in [0.05, 0.1) is 19.3 Å². The van der Waals surface area contributed by atoms with Crippen molar-refractivity contribution >= 4 is 16.8 Å². The Balaban J connectivity index is 1.69. The summed E-state index contributed by atoms with van der Waals surface area (Å²) in [6.45, 7) is 0. The number of rotatable bonds is 5. The normalized spacial score (nSPS) is 16.8. The molecule has 0 bridgehead atoms. The summed E-state index contributed by atoms with van der Waals surface area (Å²) in [6.07, 6.45) is 0.850. The monoisotopic (exact) mass is 314 g/mol. The minimum Gasteiger partial charge on any atom is -0.493 e. The van der Waals surface area contributed by atoms with Crippen LogP contribution in [0, 0.1) is 0 Å². The fourth-order valence-electron chi connectivity index (χ4n) is 2.33. The van der Waals surface area contributed by atoms with Crippen LogP contribution >= 0.6 is 11.8 Å². The molecule has 1 atom stereocenters. The number of methoxy groups -OCH3 is 2. The van der Waals surface area contributed by atoms with Gasteiger partial charge in [0.25, 0.3) is 0 Å². The van der Waals surface area contributed by atoms with Gasteiger partial charge in [-0.3, -0.25) is 5.43 Å². The molecule has 0 fully saturated rings. The van der Waals surface area contributed by atoms with Crippen molar-refractivity contribution in [1.29, 1.82) is 0 Å². The number of ether oxygens (including phenoxy) is 2. The van der Waals surface area contributed by atoms with Gasteiger partial charge in [-0.25, -0.2) is 0 Å². The maximum atomic E-state index is 5.36. The fourth-order valence-corrected chi connectivity index (χ4v) is 3.35. The molecule has 5 heteroatoms. The molecule has 4 nitrogen and oxygen atoms in total. The summed E-state index contributed by atoms with van der Waals surface area (Å²) in [7, 11) is 3.29. The van der Waals surface area contributed by atoms with Gasteiger partial charge in [-0.2, -0.15) is 5.10 Å². The SMILES string of the molecule is COc1ccc(C2NN=C(Cc3ccccc3)S2)cc1OC. The van der Waals surface area contributed by atoms with Crippen molar-refractivity contribution in [3.63, 3.8) is 0 Å². The molecule has 1 N–H and O–H groups in total. The average molecular weight is 314 g/mol. The van der Waals surface area contributed by atoms with Crippen molar-refractivity contribution in [2.24, 2.45) is 5.10 Å². The van der Waals surface area contributed by atoms with E-state index in [0.717, 1.165) is 28.5 Å². The smallest absolute Gasteiger partial charge is 0.161 e. The van der Waals surface area contributed by atoms with Gasteiger partial charge in [-0.15, -0.1) is 0 Å². The number of benzene rings is 2. The summed E-state index contributed by atoms with van der Waals surface area (Å²) in [5, 5.41) is 5.64. The van der Waals surface area contributed by atoms with E-state index in [-0.39, 0.29) is 5.37 Å². The quantitative estimate of drug-likeness (QED) is 0.916. The highest BCUT2D eigenvalue weighted by Gasteiger charge is 2.22. The van der Waals surface area contributed by atoms with Gasteiger partial charge in [-0.1, -0.05) is 48.2 Å². The number of nitrogens with one attached hydrogen (secondary N) is 1. The summed E-state index contributed by atoms with van der Waals surface area (Å²) in [4.78, 5) is 0. The van der Waals surface area contributed by atoms with Crippen LogP contribution in [0.15, 0.2) is 53.6 Å². The minimum atomic E-state index is 0.110. The van der Waals surface area contributed by atoms with Gasteiger partial charge in [-0.05, 0) is 23.3 Å². The first-order valence-electron chi connectivity index (χ1n) is 7.04. The van der Waals surface area contributed by atoms with Crippen LogP contribution in [-0.2, 0) is 6.42 Å². The second-order valence-corrected chi connectivity index (χ2v) is 6.09. The van der Waals surface area contributed by atoms with Crippen molar-refractivity contribution in [2.45, 2.75) is 11.8 Å². The Morgan fingerprint density at radius 3 is 2.55 bits per heavy atom. The van der Waals surface area contributed by atoms with Crippen LogP contribution in [0.1, 0.15) is 16.5 Å². The highest BCUT2D eigenvalue weighted by atomic mass is 32.2. The van der Waals surface area contributed by atoms with Crippen molar-refractivity contribution in [3.8, 4) is 11.5 Å². The molecule has 22 heavy (non-hydrogen) atoms. The molecule has 1 aliphatic heterocycles. The molecular formula is C17H18N2O2S. The number of thioether (sulfide) groups is 1. The first-order valence-corrected chi connectivity index (χ1v) is 7.92. The summed E-state index contributed by atoms with van der Waals surface area (Å²) in [5.74, 6) is 1.47. The highest BCUT2D eigenvalue weighted by molar-refractivity contribution is 8.14. The Hall–Kier alpha value is -2.14. The molecule has 2 aromatic rings. The standard InChI is InChI=1S/C17H18N2O2S/c1-20-14-9-8-13(11-15(14)21-2)17-19-18-16(22-17)10-12-6-4-3-5-7-12/h3-9,11,17,19H,10H2,1-2H3. The van der Waals surface area contributed by atoms with Crippen molar-refractivity contribution < 1.29 is 9.47 Å². The lowest BCUT2D eigenvalue weighted by Crippen LogP contribution is -2.07. The Labute approximate surface area is 134 Å². The third kappa shape index (κ3) is 3.20. The molecule has 1 aliphatic rings. The number of hydrogen-bond acceptors (Lipinski definition) is 5.